The Morgan fingerprint density at radius 2 is 2.14 bits per heavy atom. The summed E-state index contributed by atoms with van der Waals surface area (Å²) in [6.07, 6.45) is 1.17. The molecule has 1 saturated heterocycles. The van der Waals surface area contributed by atoms with Crippen LogP contribution in [0.4, 0.5) is 0 Å². The number of furan rings is 1. The van der Waals surface area contributed by atoms with Crippen LogP contribution < -0.4 is 0 Å². The second-order valence-electron chi connectivity index (χ2n) is 5.59. The zero-order valence-electron chi connectivity index (χ0n) is 13.5. The van der Waals surface area contributed by atoms with Crippen molar-refractivity contribution in [3.05, 3.63) is 23.7 Å². The summed E-state index contributed by atoms with van der Waals surface area (Å²) in [5.41, 5.74) is 0. The van der Waals surface area contributed by atoms with Crippen LogP contribution in [0.25, 0.3) is 0 Å². The monoisotopic (exact) mass is 308 g/mol. The molecule has 1 aliphatic rings. The van der Waals surface area contributed by atoms with E-state index in [1.54, 1.807) is 6.07 Å². The molecule has 1 atom stereocenters. The Bertz CT molecular complexity index is 526. The third-order valence-electron chi connectivity index (χ3n) is 4.05. The van der Waals surface area contributed by atoms with Gasteiger partial charge in [0.25, 0.3) is 5.91 Å². The SMILES string of the molecule is CCc1ccc(C(=O)N2CCN(CCC(=O)OC)CC2C)o1. The first-order chi connectivity index (χ1) is 10.5. The number of ether oxygens (including phenoxy) is 1. The maximum atomic E-state index is 12.5. The number of hydrogen-bond donors (Lipinski definition) is 0. The summed E-state index contributed by atoms with van der Waals surface area (Å²) in [7, 11) is 1.40. The molecule has 1 fully saturated rings. The summed E-state index contributed by atoms with van der Waals surface area (Å²) in [6, 6.07) is 3.69. The Balaban J connectivity index is 1.90. The van der Waals surface area contributed by atoms with Gasteiger partial charge in [0.15, 0.2) is 5.76 Å². The smallest absolute Gasteiger partial charge is 0.306 e. The second kappa shape index (κ2) is 7.45. The van der Waals surface area contributed by atoms with Crippen molar-refractivity contribution in [1.82, 2.24) is 9.80 Å². The quantitative estimate of drug-likeness (QED) is 0.772. The summed E-state index contributed by atoms with van der Waals surface area (Å²) in [6.45, 7) is 6.84. The van der Waals surface area contributed by atoms with Gasteiger partial charge in [-0.15, -0.1) is 0 Å². The van der Waals surface area contributed by atoms with Crippen molar-refractivity contribution in [1.29, 1.82) is 0 Å². The third-order valence-corrected chi connectivity index (χ3v) is 4.05. The van der Waals surface area contributed by atoms with Gasteiger partial charge in [0.05, 0.1) is 13.5 Å². The molecule has 0 bridgehead atoms. The number of carbonyl (C=O) groups is 2. The Morgan fingerprint density at radius 3 is 2.73 bits per heavy atom. The molecule has 0 aliphatic carbocycles. The zero-order valence-corrected chi connectivity index (χ0v) is 13.5. The number of aryl methyl sites for hydroxylation is 1. The predicted octanol–water partition coefficient (Wildman–Crippen LogP) is 1.55. The lowest BCUT2D eigenvalue weighted by Crippen LogP contribution is -2.54. The van der Waals surface area contributed by atoms with E-state index in [-0.39, 0.29) is 17.9 Å². The van der Waals surface area contributed by atoms with Crippen LogP contribution in [0.5, 0.6) is 0 Å². The molecule has 1 aliphatic heterocycles. The van der Waals surface area contributed by atoms with E-state index in [1.807, 2.05) is 24.8 Å². The zero-order chi connectivity index (χ0) is 16.1. The van der Waals surface area contributed by atoms with Crippen molar-refractivity contribution < 1.29 is 18.7 Å². The van der Waals surface area contributed by atoms with Crippen molar-refractivity contribution in [2.45, 2.75) is 32.7 Å². The van der Waals surface area contributed by atoms with Crippen molar-refractivity contribution >= 4 is 11.9 Å². The molecule has 0 saturated carbocycles. The number of amides is 1. The molecule has 0 spiro atoms. The topological polar surface area (TPSA) is 63.0 Å². The number of hydrogen-bond acceptors (Lipinski definition) is 5. The largest absolute Gasteiger partial charge is 0.469 e. The molecule has 0 aromatic carbocycles. The van der Waals surface area contributed by atoms with Crippen molar-refractivity contribution in [3.63, 3.8) is 0 Å². The molecule has 122 valence electrons. The van der Waals surface area contributed by atoms with Gasteiger partial charge in [0.1, 0.15) is 5.76 Å². The molecule has 2 rings (SSSR count). The molecule has 1 aromatic rings. The van der Waals surface area contributed by atoms with E-state index in [1.165, 1.54) is 7.11 Å². The minimum atomic E-state index is -0.200. The van der Waals surface area contributed by atoms with Gasteiger partial charge in [-0.05, 0) is 19.1 Å². The van der Waals surface area contributed by atoms with E-state index >= 15 is 0 Å². The van der Waals surface area contributed by atoms with Crippen LogP contribution in [-0.4, -0.2) is 61.0 Å². The highest BCUT2D eigenvalue weighted by Crippen LogP contribution is 2.16. The number of methoxy groups -OCH3 is 1. The lowest BCUT2D eigenvalue weighted by Gasteiger charge is -2.39. The minimum absolute atomic E-state index is 0.0557. The fourth-order valence-corrected chi connectivity index (χ4v) is 2.71. The summed E-state index contributed by atoms with van der Waals surface area (Å²) in [5, 5.41) is 0. The van der Waals surface area contributed by atoms with E-state index in [0.29, 0.717) is 25.3 Å². The van der Waals surface area contributed by atoms with Crippen LogP contribution in [-0.2, 0) is 16.0 Å². The Hall–Kier alpha value is -1.82. The summed E-state index contributed by atoms with van der Waals surface area (Å²) < 4.78 is 10.2. The van der Waals surface area contributed by atoms with Crippen LogP contribution in [0.3, 0.4) is 0 Å². The lowest BCUT2D eigenvalue weighted by molar-refractivity contribution is -0.141. The van der Waals surface area contributed by atoms with Crippen molar-refractivity contribution in [3.8, 4) is 0 Å². The van der Waals surface area contributed by atoms with Crippen molar-refractivity contribution in [2.24, 2.45) is 0 Å². The van der Waals surface area contributed by atoms with Gasteiger partial charge in [-0.25, -0.2) is 0 Å². The standard InChI is InChI=1S/C16H24N2O4/c1-4-13-5-6-14(22-13)16(20)18-10-9-17(11-12(18)2)8-7-15(19)21-3/h5-6,12H,4,7-11H2,1-3H3. The fraction of sp³-hybridized carbons (Fsp3) is 0.625. The van der Waals surface area contributed by atoms with Crippen LogP contribution in [0.1, 0.15) is 36.6 Å². The normalized spacial score (nSPS) is 19.2. The van der Waals surface area contributed by atoms with Crippen LogP contribution in [0, 0.1) is 0 Å². The lowest BCUT2D eigenvalue weighted by atomic mass is 10.1. The van der Waals surface area contributed by atoms with E-state index in [4.69, 9.17) is 4.42 Å². The van der Waals surface area contributed by atoms with Gasteiger partial charge >= 0.3 is 5.97 Å². The van der Waals surface area contributed by atoms with Crippen molar-refractivity contribution in [2.75, 3.05) is 33.3 Å². The molecule has 1 amide bonds. The molecule has 6 nitrogen and oxygen atoms in total. The van der Waals surface area contributed by atoms with Gasteiger partial charge in [-0.3, -0.25) is 14.5 Å². The number of rotatable bonds is 5. The first kappa shape index (κ1) is 16.5. The number of esters is 1. The molecular weight excluding hydrogens is 284 g/mol. The average Bonchev–Trinajstić information content (AvgIpc) is 3.01. The molecule has 6 heteroatoms. The maximum Gasteiger partial charge on any atom is 0.306 e. The first-order valence-corrected chi connectivity index (χ1v) is 7.74. The Kier molecular flexibility index (Phi) is 5.60. The highest BCUT2D eigenvalue weighted by atomic mass is 16.5. The molecule has 2 heterocycles. The molecular formula is C16H24N2O4. The fourth-order valence-electron chi connectivity index (χ4n) is 2.71. The average molecular weight is 308 g/mol. The van der Waals surface area contributed by atoms with Crippen LogP contribution in [0.15, 0.2) is 16.5 Å². The number of nitrogens with zero attached hydrogens (tertiary/aromatic N) is 2. The molecule has 22 heavy (non-hydrogen) atoms. The first-order valence-electron chi connectivity index (χ1n) is 7.74. The highest BCUT2D eigenvalue weighted by Gasteiger charge is 2.29. The number of carbonyl (C=O) groups excluding carboxylic acids is 2. The van der Waals surface area contributed by atoms with Gasteiger partial charge in [0.2, 0.25) is 0 Å². The van der Waals surface area contributed by atoms with Gasteiger partial charge in [-0.2, -0.15) is 0 Å². The van der Waals surface area contributed by atoms with Gasteiger partial charge in [-0.1, -0.05) is 6.92 Å². The Labute approximate surface area is 131 Å². The van der Waals surface area contributed by atoms with Gasteiger partial charge < -0.3 is 14.1 Å². The minimum Gasteiger partial charge on any atom is -0.469 e. The highest BCUT2D eigenvalue weighted by molar-refractivity contribution is 5.91. The molecule has 1 unspecified atom stereocenters. The summed E-state index contributed by atoms with van der Waals surface area (Å²) in [4.78, 5) is 27.7. The predicted molar refractivity (Wildman–Crippen MR) is 81.7 cm³/mol. The Morgan fingerprint density at radius 1 is 1.36 bits per heavy atom. The summed E-state index contributed by atoms with van der Waals surface area (Å²) in [5.74, 6) is 0.980. The molecule has 1 aromatic heterocycles. The van der Waals surface area contributed by atoms with Gasteiger partial charge in [0, 0.05) is 38.6 Å². The van der Waals surface area contributed by atoms with E-state index in [0.717, 1.165) is 25.3 Å². The van der Waals surface area contributed by atoms with Crippen LogP contribution in [0.2, 0.25) is 0 Å². The van der Waals surface area contributed by atoms with E-state index in [9.17, 15) is 9.59 Å². The molecule has 0 radical (unpaired) electrons. The second-order valence-corrected chi connectivity index (χ2v) is 5.59. The van der Waals surface area contributed by atoms with E-state index < -0.39 is 0 Å². The molecule has 0 N–H and O–H groups in total. The van der Waals surface area contributed by atoms with E-state index in [2.05, 4.69) is 9.64 Å². The number of piperazine rings is 1. The third kappa shape index (κ3) is 3.88. The summed E-state index contributed by atoms with van der Waals surface area (Å²) >= 11 is 0. The maximum absolute atomic E-state index is 12.5. The van der Waals surface area contributed by atoms with Crippen LogP contribution >= 0.6 is 0 Å².